The summed E-state index contributed by atoms with van der Waals surface area (Å²) in [5.74, 6) is 0.545. The van der Waals surface area contributed by atoms with Crippen molar-refractivity contribution in [2.24, 2.45) is 0 Å². The van der Waals surface area contributed by atoms with Gasteiger partial charge in [0.1, 0.15) is 16.6 Å². The van der Waals surface area contributed by atoms with Gasteiger partial charge < -0.3 is 14.6 Å². The number of rotatable bonds is 8. The average Bonchev–Trinajstić information content (AvgIpc) is 3.33. The van der Waals surface area contributed by atoms with Gasteiger partial charge in [-0.05, 0) is 30.3 Å². The summed E-state index contributed by atoms with van der Waals surface area (Å²) in [5.41, 5.74) is 0.348. The number of hydrogen-bond acceptors (Lipinski definition) is 7. The van der Waals surface area contributed by atoms with Gasteiger partial charge in [-0.3, -0.25) is 9.59 Å². The van der Waals surface area contributed by atoms with Crippen LogP contribution in [0.15, 0.2) is 47.1 Å². The van der Waals surface area contributed by atoms with E-state index in [1.165, 1.54) is 30.0 Å². The van der Waals surface area contributed by atoms with Gasteiger partial charge in [0.25, 0.3) is 5.91 Å². The molecule has 0 fully saturated rings. The molecule has 2 aromatic heterocycles. The number of nitrogens with zero attached hydrogens (tertiary/aromatic N) is 3. The van der Waals surface area contributed by atoms with Crippen LogP contribution in [0, 0.1) is 5.82 Å². The fraction of sp³-hybridized carbons (Fsp3) is 0.222. The van der Waals surface area contributed by atoms with Crippen molar-refractivity contribution in [1.82, 2.24) is 15.1 Å². The summed E-state index contributed by atoms with van der Waals surface area (Å²) in [4.78, 5) is 25.9. The third-order valence-electron chi connectivity index (χ3n) is 3.59. The standard InChI is InChI=1S/C18H17FN4O3S2/c1-23(9-14-6-3-7-26-14)16(24)11-27-10-15-21-22-18(28-15)17(25)20-13-5-2-4-12(19)8-13/h2-8H,9-11H2,1H3,(H,20,25). The summed E-state index contributed by atoms with van der Waals surface area (Å²) >= 11 is 2.53. The first-order valence-electron chi connectivity index (χ1n) is 8.24. The van der Waals surface area contributed by atoms with Crippen LogP contribution in [0.3, 0.4) is 0 Å². The Morgan fingerprint density at radius 2 is 2.14 bits per heavy atom. The molecule has 146 valence electrons. The molecule has 2 amide bonds. The molecule has 0 bridgehead atoms. The van der Waals surface area contributed by atoms with Crippen LogP contribution in [0.2, 0.25) is 0 Å². The van der Waals surface area contributed by atoms with E-state index in [2.05, 4.69) is 15.5 Å². The number of carbonyl (C=O) groups excluding carboxylic acids is 2. The second-order valence-electron chi connectivity index (χ2n) is 5.79. The molecule has 1 N–H and O–H groups in total. The van der Waals surface area contributed by atoms with Gasteiger partial charge in [-0.25, -0.2) is 4.39 Å². The number of carbonyl (C=O) groups is 2. The van der Waals surface area contributed by atoms with E-state index in [4.69, 9.17) is 4.42 Å². The third-order valence-corrected chi connectivity index (χ3v) is 5.63. The highest BCUT2D eigenvalue weighted by Gasteiger charge is 2.15. The highest BCUT2D eigenvalue weighted by Crippen LogP contribution is 2.19. The zero-order valence-corrected chi connectivity index (χ0v) is 16.6. The van der Waals surface area contributed by atoms with E-state index >= 15 is 0 Å². The third kappa shape index (κ3) is 5.64. The number of aromatic nitrogens is 2. The molecule has 0 aliphatic heterocycles. The number of anilines is 1. The van der Waals surface area contributed by atoms with Crippen LogP contribution >= 0.6 is 23.1 Å². The predicted octanol–water partition coefficient (Wildman–Crippen LogP) is 3.41. The van der Waals surface area contributed by atoms with Crippen LogP contribution in [0.1, 0.15) is 20.6 Å². The Morgan fingerprint density at radius 3 is 2.89 bits per heavy atom. The van der Waals surface area contributed by atoms with Crippen LogP contribution in [0.25, 0.3) is 0 Å². The van der Waals surface area contributed by atoms with Gasteiger partial charge in [-0.2, -0.15) is 0 Å². The maximum atomic E-state index is 13.2. The maximum absolute atomic E-state index is 13.2. The number of benzene rings is 1. The first-order chi connectivity index (χ1) is 13.5. The summed E-state index contributed by atoms with van der Waals surface area (Å²) in [5, 5.41) is 11.2. The van der Waals surface area contributed by atoms with Crippen molar-refractivity contribution >= 4 is 40.6 Å². The topological polar surface area (TPSA) is 88.3 Å². The molecule has 10 heteroatoms. The normalized spacial score (nSPS) is 10.6. The quantitative estimate of drug-likeness (QED) is 0.601. The summed E-state index contributed by atoms with van der Waals surface area (Å²) in [6, 6.07) is 9.20. The van der Waals surface area contributed by atoms with Crippen molar-refractivity contribution in [3.8, 4) is 0 Å². The largest absolute Gasteiger partial charge is 0.467 e. The van der Waals surface area contributed by atoms with Crippen LogP contribution in [0.4, 0.5) is 10.1 Å². The summed E-state index contributed by atoms with van der Waals surface area (Å²) < 4.78 is 18.4. The van der Waals surface area contributed by atoms with Crippen LogP contribution in [-0.4, -0.2) is 39.7 Å². The minimum Gasteiger partial charge on any atom is -0.467 e. The van der Waals surface area contributed by atoms with Crippen LogP contribution < -0.4 is 5.32 Å². The number of amides is 2. The van der Waals surface area contributed by atoms with Crippen molar-refractivity contribution in [3.05, 3.63) is 64.3 Å². The van der Waals surface area contributed by atoms with Gasteiger partial charge >= 0.3 is 0 Å². The lowest BCUT2D eigenvalue weighted by atomic mass is 10.3. The summed E-state index contributed by atoms with van der Waals surface area (Å²) in [6.45, 7) is 0.412. The molecule has 1 aromatic carbocycles. The fourth-order valence-corrected chi connectivity index (χ4v) is 3.96. The highest BCUT2D eigenvalue weighted by molar-refractivity contribution is 7.99. The molecule has 0 aliphatic rings. The van der Waals surface area contributed by atoms with E-state index < -0.39 is 11.7 Å². The Kier molecular flexibility index (Phi) is 6.77. The molecule has 0 saturated carbocycles. The smallest absolute Gasteiger partial charge is 0.286 e. The van der Waals surface area contributed by atoms with Crippen molar-refractivity contribution in [2.45, 2.75) is 12.3 Å². The zero-order valence-electron chi connectivity index (χ0n) is 14.9. The number of thioether (sulfide) groups is 1. The van der Waals surface area contributed by atoms with E-state index in [-0.39, 0.29) is 16.7 Å². The van der Waals surface area contributed by atoms with Crippen molar-refractivity contribution < 1.29 is 18.4 Å². The van der Waals surface area contributed by atoms with E-state index in [0.717, 1.165) is 17.1 Å². The molecule has 3 rings (SSSR count). The van der Waals surface area contributed by atoms with Gasteiger partial charge in [0.15, 0.2) is 0 Å². The molecule has 0 saturated heterocycles. The van der Waals surface area contributed by atoms with Crippen molar-refractivity contribution in [1.29, 1.82) is 0 Å². The molecular formula is C18H17FN4O3S2. The first-order valence-corrected chi connectivity index (χ1v) is 10.2. The minimum atomic E-state index is -0.450. The van der Waals surface area contributed by atoms with Crippen molar-refractivity contribution in [2.75, 3.05) is 18.1 Å². The van der Waals surface area contributed by atoms with Gasteiger partial charge in [-0.15, -0.1) is 22.0 Å². The molecule has 0 spiro atoms. The molecule has 0 unspecified atom stereocenters. The minimum absolute atomic E-state index is 0.0324. The van der Waals surface area contributed by atoms with Gasteiger partial charge in [0.2, 0.25) is 10.9 Å². The lowest BCUT2D eigenvalue weighted by molar-refractivity contribution is -0.127. The second-order valence-corrected chi connectivity index (χ2v) is 7.84. The van der Waals surface area contributed by atoms with E-state index in [1.807, 2.05) is 6.07 Å². The summed E-state index contributed by atoms with van der Waals surface area (Å²) in [6.07, 6.45) is 1.57. The molecular weight excluding hydrogens is 403 g/mol. The molecule has 28 heavy (non-hydrogen) atoms. The van der Waals surface area contributed by atoms with Crippen molar-refractivity contribution in [3.63, 3.8) is 0 Å². The number of hydrogen-bond donors (Lipinski definition) is 1. The lowest BCUT2D eigenvalue weighted by Gasteiger charge is -2.15. The molecule has 0 atom stereocenters. The number of halogens is 1. The van der Waals surface area contributed by atoms with E-state index in [0.29, 0.717) is 23.0 Å². The van der Waals surface area contributed by atoms with E-state index in [9.17, 15) is 14.0 Å². The Hall–Kier alpha value is -2.72. The van der Waals surface area contributed by atoms with Gasteiger partial charge in [-0.1, -0.05) is 17.4 Å². The molecule has 7 nitrogen and oxygen atoms in total. The van der Waals surface area contributed by atoms with E-state index in [1.54, 1.807) is 30.3 Å². The monoisotopic (exact) mass is 420 g/mol. The second kappa shape index (κ2) is 9.47. The van der Waals surface area contributed by atoms with Crippen LogP contribution in [-0.2, 0) is 17.1 Å². The number of nitrogens with one attached hydrogen (secondary N) is 1. The predicted molar refractivity (Wildman–Crippen MR) is 106 cm³/mol. The average molecular weight is 420 g/mol. The van der Waals surface area contributed by atoms with Gasteiger partial charge in [0, 0.05) is 18.5 Å². The molecule has 0 radical (unpaired) electrons. The maximum Gasteiger partial charge on any atom is 0.286 e. The van der Waals surface area contributed by atoms with Gasteiger partial charge in [0.05, 0.1) is 18.6 Å². The zero-order chi connectivity index (χ0) is 19.9. The Balaban J connectivity index is 1.45. The SMILES string of the molecule is CN(Cc1ccco1)C(=O)CSCc1nnc(C(=O)Nc2cccc(F)c2)s1. The number of furan rings is 1. The highest BCUT2D eigenvalue weighted by atomic mass is 32.2. The molecule has 0 aliphatic carbocycles. The molecule has 2 heterocycles. The van der Waals surface area contributed by atoms with Crippen LogP contribution in [0.5, 0.6) is 0 Å². The molecule has 3 aromatic rings. The lowest BCUT2D eigenvalue weighted by Crippen LogP contribution is -2.27. The Labute approximate surface area is 168 Å². The Bertz CT molecular complexity index is 946. The Morgan fingerprint density at radius 1 is 1.29 bits per heavy atom. The summed E-state index contributed by atoms with van der Waals surface area (Å²) in [7, 11) is 1.71. The first kappa shape index (κ1) is 20.0. The fourth-order valence-electron chi connectivity index (χ4n) is 2.21.